The van der Waals surface area contributed by atoms with Gasteiger partial charge in [-0.2, -0.15) is 0 Å². The van der Waals surface area contributed by atoms with Gasteiger partial charge in [0.1, 0.15) is 11.8 Å². The molecule has 0 unspecified atom stereocenters. The molecule has 2 amide bonds. The highest BCUT2D eigenvalue weighted by molar-refractivity contribution is 6.23. The number of para-hydroxylation sites is 3. The second-order valence-corrected chi connectivity index (χ2v) is 5.14. The number of carbonyl (C=O) groups is 2. The number of methoxy groups -OCH3 is 1. The minimum atomic E-state index is -0.949. The number of hydrogen-bond acceptors (Lipinski definition) is 5. The van der Waals surface area contributed by atoms with Crippen LogP contribution in [0.3, 0.4) is 0 Å². The highest BCUT2D eigenvalue weighted by atomic mass is 16.5. The zero-order valence-electron chi connectivity index (χ0n) is 12.5. The van der Waals surface area contributed by atoms with Crippen molar-refractivity contribution in [3.8, 4) is 5.75 Å². The number of benzene rings is 2. The summed E-state index contributed by atoms with van der Waals surface area (Å²) >= 11 is 0. The molecule has 0 spiro atoms. The van der Waals surface area contributed by atoms with Crippen LogP contribution in [-0.2, 0) is 9.59 Å². The van der Waals surface area contributed by atoms with Crippen LogP contribution in [0.25, 0.3) is 0 Å². The van der Waals surface area contributed by atoms with E-state index in [-0.39, 0.29) is 12.3 Å². The van der Waals surface area contributed by atoms with Crippen molar-refractivity contribution >= 4 is 23.2 Å². The molecule has 0 aliphatic carbocycles. The maximum atomic E-state index is 12.6. The standard InChI is InChI=1S/C17H16N2O4/c1-23-15-10-6-5-9-13(15)18-16(20)11-14(17(18)21)19(22)12-7-3-2-4-8-12/h2-10,14,22H,11H2,1H3/t14-/m0/s1. The van der Waals surface area contributed by atoms with Gasteiger partial charge in [0.25, 0.3) is 5.91 Å². The molecule has 1 aliphatic heterocycles. The Hall–Kier alpha value is -2.86. The molecule has 1 atom stereocenters. The molecule has 1 saturated heterocycles. The highest BCUT2D eigenvalue weighted by Gasteiger charge is 2.43. The van der Waals surface area contributed by atoms with Gasteiger partial charge in [0.2, 0.25) is 5.91 Å². The molecule has 0 bridgehead atoms. The summed E-state index contributed by atoms with van der Waals surface area (Å²) in [7, 11) is 1.48. The largest absolute Gasteiger partial charge is 0.495 e. The molecule has 6 heteroatoms. The lowest BCUT2D eigenvalue weighted by atomic mass is 10.2. The lowest BCUT2D eigenvalue weighted by molar-refractivity contribution is -0.121. The Bertz CT molecular complexity index is 732. The van der Waals surface area contributed by atoms with Crippen molar-refractivity contribution in [3.05, 3.63) is 54.6 Å². The summed E-state index contributed by atoms with van der Waals surface area (Å²) in [6.07, 6.45) is -0.0950. The van der Waals surface area contributed by atoms with Crippen molar-refractivity contribution in [2.45, 2.75) is 12.5 Å². The quantitative estimate of drug-likeness (QED) is 0.692. The Morgan fingerprint density at radius 2 is 1.74 bits per heavy atom. The predicted molar refractivity (Wildman–Crippen MR) is 84.6 cm³/mol. The Balaban J connectivity index is 1.91. The third-order valence-electron chi connectivity index (χ3n) is 3.76. The molecule has 0 aromatic heterocycles. The van der Waals surface area contributed by atoms with Crippen molar-refractivity contribution in [2.75, 3.05) is 17.1 Å². The smallest absolute Gasteiger partial charge is 0.259 e. The second kappa shape index (κ2) is 6.10. The Kier molecular flexibility index (Phi) is 3.99. The topological polar surface area (TPSA) is 70.1 Å². The van der Waals surface area contributed by atoms with Gasteiger partial charge in [-0.15, -0.1) is 0 Å². The van der Waals surface area contributed by atoms with E-state index in [0.717, 1.165) is 9.96 Å². The summed E-state index contributed by atoms with van der Waals surface area (Å²) < 4.78 is 5.21. The normalized spacial score (nSPS) is 17.5. The number of hydroxylamine groups is 1. The second-order valence-electron chi connectivity index (χ2n) is 5.14. The van der Waals surface area contributed by atoms with E-state index < -0.39 is 11.9 Å². The first-order chi connectivity index (χ1) is 11.1. The summed E-state index contributed by atoms with van der Waals surface area (Å²) in [5.74, 6) is -0.426. The van der Waals surface area contributed by atoms with E-state index in [0.29, 0.717) is 17.1 Å². The molecule has 0 radical (unpaired) electrons. The average molecular weight is 312 g/mol. The molecule has 1 N–H and O–H groups in total. The number of imide groups is 1. The number of nitrogens with zero attached hydrogens (tertiary/aromatic N) is 2. The lowest BCUT2D eigenvalue weighted by Crippen LogP contribution is -2.40. The zero-order valence-corrected chi connectivity index (χ0v) is 12.5. The molecule has 1 aliphatic rings. The molecular weight excluding hydrogens is 296 g/mol. The lowest BCUT2D eigenvalue weighted by Gasteiger charge is -2.23. The molecule has 2 aromatic rings. The first-order valence-corrected chi connectivity index (χ1v) is 7.16. The molecule has 23 heavy (non-hydrogen) atoms. The first kappa shape index (κ1) is 15.1. The zero-order chi connectivity index (χ0) is 16.4. The van der Waals surface area contributed by atoms with Crippen LogP contribution >= 0.6 is 0 Å². The van der Waals surface area contributed by atoms with Gasteiger partial charge in [0.15, 0.2) is 0 Å². The first-order valence-electron chi connectivity index (χ1n) is 7.16. The number of amides is 2. The van der Waals surface area contributed by atoms with E-state index in [1.165, 1.54) is 7.11 Å². The third kappa shape index (κ3) is 2.64. The van der Waals surface area contributed by atoms with Crippen molar-refractivity contribution in [1.29, 1.82) is 0 Å². The molecule has 1 heterocycles. The van der Waals surface area contributed by atoms with Gasteiger partial charge in [-0.05, 0) is 24.3 Å². The van der Waals surface area contributed by atoms with Crippen molar-refractivity contribution in [3.63, 3.8) is 0 Å². The van der Waals surface area contributed by atoms with Crippen molar-refractivity contribution in [2.24, 2.45) is 0 Å². The van der Waals surface area contributed by atoms with E-state index in [1.54, 1.807) is 54.6 Å². The van der Waals surface area contributed by atoms with Gasteiger partial charge in [0, 0.05) is 0 Å². The van der Waals surface area contributed by atoms with E-state index in [4.69, 9.17) is 4.74 Å². The molecule has 3 rings (SSSR count). The Morgan fingerprint density at radius 1 is 1.09 bits per heavy atom. The summed E-state index contributed by atoms with van der Waals surface area (Å²) in [6.45, 7) is 0. The molecule has 2 aromatic carbocycles. The van der Waals surface area contributed by atoms with Gasteiger partial charge in [0.05, 0.1) is 24.9 Å². The number of anilines is 2. The van der Waals surface area contributed by atoms with E-state index in [9.17, 15) is 14.8 Å². The third-order valence-corrected chi connectivity index (χ3v) is 3.76. The van der Waals surface area contributed by atoms with Gasteiger partial charge in [-0.1, -0.05) is 30.3 Å². The Morgan fingerprint density at radius 3 is 2.43 bits per heavy atom. The van der Waals surface area contributed by atoms with E-state index in [2.05, 4.69) is 0 Å². The van der Waals surface area contributed by atoms with Crippen LogP contribution < -0.4 is 14.7 Å². The number of hydrogen-bond donors (Lipinski definition) is 1. The SMILES string of the molecule is COc1ccccc1N1C(=O)C[C@H](N(O)c2ccccc2)C1=O. The molecule has 6 nitrogen and oxygen atoms in total. The summed E-state index contributed by atoms with van der Waals surface area (Å²) in [4.78, 5) is 26.0. The Labute approximate surface area is 133 Å². The molecule has 1 fully saturated rings. The monoisotopic (exact) mass is 312 g/mol. The number of ether oxygens (including phenoxy) is 1. The van der Waals surface area contributed by atoms with Gasteiger partial charge in [-0.3, -0.25) is 14.8 Å². The van der Waals surface area contributed by atoms with Gasteiger partial charge in [-0.25, -0.2) is 9.96 Å². The predicted octanol–water partition coefficient (Wildman–Crippen LogP) is 2.22. The van der Waals surface area contributed by atoms with Crippen molar-refractivity contribution < 1.29 is 19.5 Å². The molecule has 0 saturated carbocycles. The fourth-order valence-corrected chi connectivity index (χ4v) is 2.64. The summed E-state index contributed by atoms with van der Waals surface area (Å²) in [6, 6.07) is 14.5. The van der Waals surface area contributed by atoms with Crippen molar-refractivity contribution in [1.82, 2.24) is 0 Å². The number of rotatable bonds is 4. The molecule has 118 valence electrons. The maximum Gasteiger partial charge on any atom is 0.259 e. The van der Waals surface area contributed by atoms with Crippen LogP contribution in [0.5, 0.6) is 5.75 Å². The van der Waals surface area contributed by atoms with Crippen LogP contribution in [0, 0.1) is 0 Å². The van der Waals surface area contributed by atoms with Crippen LogP contribution in [0.2, 0.25) is 0 Å². The molecular formula is C17H16N2O4. The van der Waals surface area contributed by atoms with E-state index in [1.807, 2.05) is 0 Å². The fourth-order valence-electron chi connectivity index (χ4n) is 2.64. The van der Waals surface area contributed by atoms with Gasteiger partial charge >= 0.3 is 0 Å². The fraction of sp³-hybridized carbons (Fsp3) is 0.176. The summed E-state index contributed by atoms with van der Waals surface area (Å²) in [5, 5.41) is 11.1. The highest BCUT2D eigenvalue weighted by Crippen LogP contribution is 2.33. The van der Waals surface area contributed by atoms with E-state index >= 15 is 0 Å². The van der Waals surface area contributed by atoms with Crippen LogP contribution in [0.1, 0.15) is 6.42 Å². The van der Waals surface area contributed by atoms with Gasteiger partial charge < -0.3 is 4.74 Å². The average Bonchev–Trinajstić information content (AvgIpc) is 2.89. The number of carbonyl (C=O) groups excluding carboxylic acids is 2. The maximum absolute atomic E-state index is 12.6. The van der Waals surface area contributed by atoms with Crippen LogP contribution in [-0.4, -0.2) is 30.2 Å². The summed E-state index contributed by atoms with van der Waals surface area (Å²) in [5.41, 5.74) is 0.842. The minimum absolute atomic E-state index is 0.0950. The van der Waals surface area contributed by atoms with Crippen LogP contribution in [0.15, 0.2) is 54.6 Å². The minimum Gasteiger partial charge on any atom is -0.495 e. The van der Waals surface area contributed by atoms with Crippen LogP contribution in [0.4, 0.5) is 11.4 Å².